The Labute approximate surface area is 135 Å². The molecule has 1 aliphatic rings. The Kier molecular flexibility index (Phi) is 3.38. The van der Waals surface area contributed by atoms with Gasteiger partial charge in [0.15, 0.2) is 0 Å². The molecule has 0 saturated carbocycles. The van der Waals surface area contributed by atoms with E-state index in [1.807, 2.05) is 0 Å². The van der Waals surface area contributed by atoms with Crippen LogP contribution in [0.5, 0.6) is 0 Å². The number of benzene rings is 2. The molecule has 0 fully saturated rings. The van der Waals surface area contributed by atoms with E-state index in [9.17, 15) is 17.6 Å². The SMILES string of the molecule is Fc1ccc2[nH]c3c(c2c1)CCNC3c1cccc(C(F)(F)F)c1. The molecule has 0 radical (unpaired) electrons. The second kappa shape index (κ2) is 5.34. The molecule has 1 unspecified atom stereocenters. The first kappa shape index (κ1) is 15.2. The highest BCUT2D eigenvalue weighted by Gasteiger charge is 2.32. The van der Waals surface area contributed by atoms with Crippen LogP contribution in [-0.2, 0) is 12.6 Å². The lowest BCUT2D eigenvalue weighted by atomic mass is 9.93. The van der Waals surface area contributed by atoms with Crippen LogP contribution in [-0.4, -0.2) is 11.5 Å². The Morgan fingerprint density at radius 2 is 1.88 bits per heavy atom. The lowest BCUT2D eigenvalue weighted by Crippen LogP contribution is -2.30. The number of aromatic nitrogens is 1. The van der Waals surface area contributed by atoms with Crippen LogP contribution >= 0.6 is 0 Å². The quantitative estimate of drug-likeness (QED) is 0.627. The zero-order chi connectivity index (χ0) is 16.9. The summed E-state index contributed by atoms with van der Waals surface area (Å²) in [6, 6.07) is 9.45. The Morgan fingerprint density at radius 3 is 2.67 bits per heavy atom. The summed E-state index contributed by atoms with van der Waals surface area (Å²) in [5, 5.41) is 4.05. The first-order valence-corrected chi connectivity index (χ1v) is 7.64. The largest absolute Gasteiger partial charge is 0.416 e. The van der Waals surface area contributed by atoms with Crippen LogP contribution in [0.4, 0.5) is 17.6 Å². The maximum absolute atomic E-state index is 13.5. The van der Waals surface area contributed by atoms with E-state index < -0.39 is 11.7 Å². The number of fused-ring (bicyclic) bond motifs is 3. The third-order valence-corrected chi connectivity index (χ3v) is 4.46. The van der Waals surface area contributed by atoms with Gasteiger partial charge in [0.25, 0.3) is 0 Å². The average molecular weight is 334 g/mol. The number of halogens is 4. The third-order valence-electron chi connectivity index (χ3n) is 4.46. The molecule has 0 bridgehead atoms. The monoisotopic (exact) mass is 334 g/mol. The van der Waals surface area contributed by atoms with Gasteiger partial charge in [-0.05, 0) is 47.9 Å². The molecule has 0 aliphatic carbocycles. The van der Waals surface area contributed by atoms with Crippen molar-refractivity contribution in [3.8, 4) is 0 Å². The molecule has 1 aliphatic heterocycles. The molecule has 1 atom stereocenters. The lowest BCUT2D eigenvalue weighted by molar-refractivity contribution is -0.137. The predicted molar refractivity (Wildman–Crippen MR) is 83.3 cm³/mol. The van der Waals surface area contributed by atoms with Crippen molar-refractivity contribution in [2.75, 3.05) is 6.54 Å². The van der Waals surface area contributed by atoms with Gasteiger partial charge in [0, 0.05) is 23.1 Å². The van der Waals surface area contributed by atoms with E-state index >= 15 is 0 Å². The van der Waals surface area contributed by atoms with Gasteiger partial charge in [0.05, 0.1) is 11.6 Å². The fourth-order valence-electron chi connectivity index (χ4n) is 3.38. The zero-order valence-corrected chi connectivity index (χ0v) is 12.5. The van der Waals surface area contributed by atoms with Crippen molar-refractivity contribution >= 4 is 10.9 Å². The Hall–Kier alpha value is -2.34. The Balaban J connectivity index is 1.84. The second-order valence-corrected chi connectivity index (χ2v) is 5.97. The van der Waals surface area contributed by atoms with Gasteiger partial charge in [-0.1, -0.05) is 12.1 Å². The molecule has 0 saturated heterocycles. The zero-order valence-electron chi connectivity index (χ0n) is 12.5. The summed E-state index contributed by atoms with van der Waals surface area (Å²) in [5.74, 6) is -0.321. The molecule has 2 nitrogen and oxygen atoms in total. The molecular weight excluding hydrogens is 320 g/mol. The molecule has 0 amide bonds. The van der Waals surface area contributed by atoms with Crippen molar-refractivity contribution in [3.05, 3.63) is 70.7 Å². The molecule has 4 rings (SSSR count). The smallest absolute Gasteiger partial charge is 0.357 e. The second-order valence-electron chi connectivity index (χ2n) is 5.97. The standard InChI is InChI=1S/C18H14F4N2/c19-12-4-5-15-14(9-12)13-6-7-23-16(17(13)24-15)10-2-1-3-11(8-10)18(20,21)22/h1-5,8-9,16,23-24H,6-7H2. The van der Waals surface area contributed by atoms with Crippen LogP contribution in [0.1, 0.15) is 28.4 Å². The highest BCUT2D eigenvalue weighted by molar-refractivity contribution is 5.85. The van der Waals surface area contributed by atoms with Crippen molar-refractivity contribution < 1.29 is 17.6 Å². The minimum Gasteiger partial charge on any atom is -0.357 e. The number of H-pyrrole nitrogens is 1. The average Bonchev–Trinajstić information content (AvgIpc) is 2.92. The summed E-state index contributed by atoms with van der Waals surface area (Å²) in [7, 11) is 0. The highest BCUT2D eigenvalue weighted by atomic mass is 19.4. The third kappa shape index (κ3) is 2.47. The number of hydrogen-bond acceptors (Lipinski definition) is 1. The van der Waals surface area contributed by atoms with Crippen molar-refractivity contribution in [1.82, 2.24) is 10.3 Å². The minimum absolute atomic E-state index is 0.321. The number of nitrogens with one attached hydrogen (secondary N) is 2. The maximum atomic E-state index is 13.5. The fraction of sp³-hybridized carbons (Fsp3) is 0.222. The van der Waals surface area contributed by atoms with Gasteiger partial charge in [-0.15, -0.1) is 0 Å². The summed E-state index contributed by atoms with van der Waals surface area (Å²) >= 11 is 0. The summed E-state index contributed by atoms with van der Waals surface area (Å²) in [5.41, 5.74) is 2.43. The molecular formula is C18H14F4N2. The molecule has 2 aromatic carbocycles. The van der Waals surface area contributed by atoms with Crippen LogP contribution < -0.4 is 5.32 Å². The Bertz CT molecular complexity index is 911. The summed E-state index contributed by atoms with van der Waals surface area (Å²) in [6.45, 7) is 0.622. The van der Waals surface area contributed by atoms with Crippen LogP contribution in [0.15, 0.2) is 42.5 Å². The van der Waals surface area contributed by atoms with Gasteiger partial charge in [-0.3, -0.25) is 0 Å². The van der Waals surface area contributed by atoms with Crippen LogP contribution in [0.3, 0.4) is 0 Å². The van der Waals surface area contributed by atoms with E-state index in [2.05, 4.69) is 10.3 Å². The van der Waals surface area contributed by atoms with E-state index in [0.29, 0.717) is 18.5 Å². The topological polar surface area (TPSA) is 27.8 Å². The van der Waals surface area contributed by atoms with E-state index in [-0.39, 0.29) is 11.9 Å². The van der Waals surface area contributed by atoms with Crippen molar-refractivity contribution in [2.24, 2.45) is 0 Å². The van der Waals surface area contributed by atoms with Crippen LogP contribution in [0, 0.1) is 5.82 Å². The normalized spacial score (nSPS) is 17.9. The minimum atomic E-state index is -4.38. The first-order chi connectivity index (χ1) is 11.4. The lowest BCUT2D eigenvalue weighted by Gasteiger charge is -2.25. The number of hydrogen-bond donors (Lipinski definition) is 2. The van der Waals surface area contributed by atoms with Crippen LogP contribution in [0.2, 0.25) is 0 Å². The highest BCUT2D eigenvalue weighted by Crippen LogP contribution is 2.36. The molecule has 6 heteroatoms. The van der Waals surface area contributed by atoms with E-state index in [0.717, 1.165) is 28.2 Å². The van der Waals surface area contributed by atoms with Gasteiger partial charge in [-0.25, -0.2) is 4.39 Å². The maximum Gasteiger partial charge on any atom is 0.416 e. The number of alkyl halides is 3. The van der Waals surface area contributed by atoms with Gasteiger partial charge in [0.2, 0.25) is 0 Å². The molecule has 0 spiro atoms. The molecule has 24 heavy (non-hydrogen) atoms. The molecule has 2 heterocycles. The van der Waals surface area contributed by atoms with Gasteiger partial charge < -0.3 is 10.3 Å². The summed E-state index contributed by atoms with van der Waals surface area (Å²) in [4.78, 5) is 3.24. The molecule has 1 aromatic heterocycles. The van der Waals surface area contributed by atoms with Crippen LogP contribution in [0.25, 0.3) is 10.9 Å². The Morgan fingerprint density at radius 1 is 1.04 bits per heavy atom. The molecule has 2 N–H and O–H groups in total. The van der Waals surface area contributed by atoms with Crippen molar-refractivity contribution in [2.45, 2.75) is 18.6 Å². The first-order valence-electron chi connectivity index (χ1n) is 7.64. The number of rotatable bonds is 1. The summed E-state index contributed by atoms with van der Waals surface area (Å²) < 4.78 is 52.5. The van der Waals surface area contributed by atoms with Gasteiger partial charge >= 0.3 is 6.18 Å². The fourth-order valence-corrected chi connectivity index (χ4v) is 3.38. The summed E-state index contributed by atoms with van der Waals surface area (Å²) in [6.07, 6.45) is -3.68. The van der Waals surface area contributed by atoms with E-state index in [1.165, 1.54) is 24.3 Å². The molecule has 124 valence electrons. The van der Waals surface area contributed by atoms with E-state index in [4.69, 9.17) is 0 Å². The molecule has 3 aromatic rings. The van der Waals surface area contributed by atoms with Crippen molar-refractivity contribution in [3.63, 3.8) is 0 Å². The predicted octanol–water partition coefficient (Wildman–Crippen LogP) is 4.56. The van der Waals surface area contributed by atoms with Gasteiger partial charge in [-0.2, -0.15) is 13.2 Å². The van der Waals surface area contributed by atoms with Gasteiger partial charge in [0.1, 0.15) is 5.82 Å². The van der Waals surface area contributed by atoms with E-state index in [1.54, 1.807) is 12.1 Å². The number of aromatic amines is 1. The van der Waals surface area contributed by atoms with Crippen molar-refractivity contribution in [1.29, 1.82) is 0 Å².